The van der Waals surface area contributed by atoms with Gasteiger partial charge in [-0.3, -0.25) is 4.79 Å². The summed E-state index contributed by atoms with van der Waals surface area (Å²) >= 11 is 0. The highest BCUT2D eigenvalue weighted by Crippen LogP contribution is 2.18. The van der Waals surface area contributed by atoms with Crippen molar-refractivity contribution in [3.05, 3.63) is 53.8 Å². The molecule has 0 atom stereocenters. The molecule has 2 aromatic carbocycles. The second kappa shape index (κ2) is 8.91. The highest BCUT2D eigenvalue weighted by molar-refractivity contribution is 5.91. The van der Waals surface area contributed by atoms with Crippen molar-refractivity contribution >= 4 is 11.6 Å². The van der Waals surface area contributed by atoms with Crippen LogP contribution in [0.5, 0.6) is 11.5 Å². The molecule has 128 valence electrons. The number of carbonyl (C=O) groups excluding carboxylic acids is 1. The lowest BCUT2D eigenvalue weighted by Crippen LogP contribution is -2.13. The molecule has 0 radical (unpaired) electrons. The number of halogens is 1. The lowest BCUT2D eigenvalue weighted by Gasteiger charge is -2.09. The van der Waals surface area contributed by atoms with E-state index in [0.717, 1.165) is 11.5 Å². The van der Waals surface area contributed by atoms with E-state index in [4.69, 9.17) is 9.47 Å². The van der Waals surface area contributed by atoms with Crippen molar-refractivity contribution in [1.82, 2.24) is 0 Å². The topological polar surface area (TPSA) is 47.6 Å². The lowest BCUT2D eigenvalue weighted by atomic mass is 10.2. The number of rotatable bonds is 8. The molecule has 0 unspecified atom stereocenters. The van der Waals surface area contributed by atoms with Gasteiger partial charge in [0.1, 0.15) is 17.3 Å². The highest BCUT2D eigenvalue weighted by Gasteiger charge is 2.06. The van der Waals surface area contributed by atoms with Crippen molar-refractivity contribution in [2.75, 3.05) is 18.5 Å². The molecule has 0 aliphatic rings. The third kappa shape index (κ3) is 5.57. The van der Waals surface area contributed by atoms with Crippen molar-refractivity contribution in [3.63, 3.8) is 0 Å². The summed E-state index contributed by atoms with van der Waals surface area (Å²) in [6.07, 6.45) is 0.938. The first kappa shape index (κ1) is 17.8. The Balaban J connectivity index is 1.70. The van der Waals surface area contributed by atoms with E-state index in [9.17, 15) is 9.18 Å². The highest BCUT2D eigenvalue weighted by atomic mass is 19.1. The zero-order valence-electron chi connectivity index (χ0n) is 14.0. The summed E-state index contributed by atoms with van der Waals surface area (Å²) < 4.78 is 24.0. The van der Waals surface area contributed by atoms with Crippen LogP contribution >= 0.6 is 0 Å². The minimum absolute atomic E-state index is 0.111. The number of ether oxygens (including phenoxy) is 2. The molecular weight excluding hydrogens is 309 g/mol. The van der Waals surface area contributed by atoms with Gasteiger partial charge < -0.3 is 14.8 Å². The average molecular weight is 331 g/mol. The monoisotopic (exact) mass is 331 g/mol. The third-order valence-corrected chi connectivity index (χ3v) is 3.41. The van der Waals surface area contributed by atoms with Gasteiger partial charge in [-0.1, -0.05) is 0 Å². The Morgan fingerprint density at radius 2 is 1.75 bits per heavy atom. The van der Waals surface area contributed by atoms with Crippen molar-refractivity contribution < 1.29 is 18.7 Å². The Morgan fingerprint density at radius 3 is 2.38 bits per heavy atom. The van der Waals surface area contributed by atoms with Crippen molar-refractivity contribution in [1.29, 1.82) is 0 Å². The smallest absolute Gasteiger partial charge is 0.224 e. The van der Waals surface area contributed by atoms with E-state index in [0.29, 0.717) is 37.3 Å². The van der Waals surface area contributed by atoms with Gasteiger partial charge in [0.05, 0.1) is 13.2 Å². The maximum atomic E-state index is 13.0. The summed E-state index contributed by atoms with van der Waals surface area (Å²) in [6.45, 7) is 4.77. The number of hydrogen-bond acceptors (Lipinski definition) is 3. The van der Waals surface area contributed by atoms with E-state index < -0.39 is 0 Å². The number of carbonyl (C=O) groups is 1. The van der Waals surface area contributed by atoms with Crippen molar-refractivity contribution in [3.8, 4) is 11.5 Å². The molecule has 0 saturated heterocycles. The van der Waals surface area contributed by atoms with Gasteiger partial charge in [-0.25, -0.2) is 4.39 Å². The molecular formula is C19H22FNO3. The number of aryl methyl sites for hydroxylation is 1. The number of hydrogen-bond donors (Lipinski definition) is 1. The molecule has 5 heteroatoms. The predicted octanol–water partition coefficient (Wildman–Crippen LogP) is 4.33. The molecule has 0 fully saturated rings. The van der Waals surface area contributed by atoms with Gasteiger partial charge in [0.15, 0.2) is 0 Å². The van der Waals surface area contributed by atoms with Crippen molar-refractivity contribution in [2.24, 2.45) is 0 Å². The molecule has 2 rings (SSSR count). The summed E-state index contributed by atoms with van der Waals surface area (Å²) in [5.41, 5.74) is 1.34. The first-order chi connectivity index (χ1) is 11.6. The van der Waals surface area contributed by atoms with Crippen LogP contribution in [0.25, 0.3) is 0 Å². The summed E-state index contributed by atoms with van der Waals surface area (Å²) in [4.78, 5) is 11.9. The molecule has 0 aliphatic heterocycles. The molecule has 2 aromatic rings. The van der Waals surface area contributed by atoms with E-state index in [1.165, 1.54) is 12.1 Å². The first-order valence-corrected chi connectivity index (χ1v) is 8.00. The first-order valence-electron chi connectivity index (χ1n) is 8.00. The fraction of sp³-hybridized carbons (Fsp3) is 0.316. The summed E-state index contributed by atoms with van der Waals surface area (Å²) in [7, 11) is 0. The standard InChI is InChI=1S/C19H22FNO3/c1-3-23-16-7-9-17(10-8-16)24-12-4-5-19(22)21-18-11-6-15(20)13-14(18)2/h6-11,13H,3-5,12H2,1-2H3,(H,21,22). The minimum Gasteiger partial charge on any atom is -0.494 e. The molecule has 0 saturated carbocycles. The van der Waals surface area contributed by atoms with Crippen LogP contribution in [0.15, 0.2) is 42.5 Å². The van der Waals surface area contributed by atoms with E-state index in [2.05, 4.69) is 5.32 Å². The molecule has 0 aromatic heterocycles. The maximum absolute atomic E-state index is 13.0. The number of anilines is 1. The summed E-state index contributed by atoms with van der Waals surface area (Å²) in [6, 6.07) is 11.7. The lowest BCUT2D eigenvalue weighted by molar-refractivity contribution is -0.116. The molecule has 0 aliphatic carbocycles. The molecule has 1 amide bonds. The Morgan fingerprint density at radius 1 is 1.08 bits per heavy atom. The van der Waals surface area contributed by atoms with Gasteiger partial charge in [-0.05, 0) is 68.3 Å². The molecule has 24 heavy (non-hydrogen) atoms. The van der Waals surface area contributed by atoms with Crippen LogP contribution in [0.2, 0.25) is 0 Å². The van der Waals surface area contributed by atoms with Crippen LogP contribution in [0, 0.1) is 12.7 Å². The average Bonchev–Trinajstić information content (AvgIpc) is 2.56. The van der Waals surface area contributed by atoms with Gasteiger partial charge in [0.2, 0.25) is 5.91 Å². The van der Waals surface area contributed by atoms with Gasteiger partial charge >= 0.3 is 0 Å². The minimum atomic E-state index is -0.311. The van der Waals surface area contributed by atoms with Crippen LogP contribution in [-0.2, 0) is 4.79 Å². The van der Waals surface area contributed by atoms with Crippen LogP contribution < -0.4 is 14.8 Å². The van der Waals surface area contributed by atoms with Crippen molar-refractivity contribution in [2.45, 2.75) is 26.7 Å². The number of benzene rings is 2. The summed E-state index contributed by atoms with van der Waals surface area (Å²) in [5, 5.41) is 2.78. The molecule has 0 bridgehead atoms. The Kier molecular flexibility index (Phi) is 6.61. The third-order valence-electron chi connectivity index (χ3n) is 3.41. The van der Waals surface area contributed by atoms with Gasteiger partial charge in [-0.2, -0.15) is 0 Å². The van der Waals surface area contributed by atoms with Gasteiger partial charge in [-0.15, -0.1) is 0 Å². The van der Waals surface area contributed by atoms with E-state index in [1.54, 1.807) is 13.0 Å². The fourth-order valence-corrected chi connectivity index (χ4v) is 2.20. The normalized spacial score (nSPS) is 10.3. The maximum Gasteiger partial charge on any atom is 0.224 e. The van der Waals surface area contributed by atoms with Crippen LogP contribution in [-0.4, -0.2) is 19.1 Å². The Labute approximate surface area is 141 Å². The Hall–Kier alpha value is -2.56. The van der Waals surface area contributed by atoms with E-state index in [1.807, 2.05) is 31.2 Å². The zero-order chi connectivity index (χ0) is 17.4. The van der Waals surface area contributed by atoms with Crippen LogP contribution in [0.3, 0.4) is 0 Å². The van der Waals surface area contributed by atoms with E-state index in [-0.39, 0.29) is 11.7 Å². The molecule has 1 N–H and O–H groups in total. The second-order valence-electron chi connectivity index (χ2n) is 5.36. The van der Waals surface area contributed by atoms with E-state index >= 15 is 0 Å². The quantitative estimate of drug-likeness (QED) is 0.732. The summed E-state index contributed by atoms with van der Waals surface area (Å²) in [5.74, 6) is 1.13. The number of nitrogens with one attached hydrogen (secondary N) is 1. The van der Waals surface area contributed by atoms with Crippen LogP contribution in [0.1, 0.15) is 25.3 Å². The SMILES string of the molecule is CCOc1ccc(OCCCC(=O)Nc2ccc(F)cc2C)cc1. The second-order valence-corrected chi connectivity index (χ2v) is 5.36. The van der Waals surface area contributed by atoms with Gasteiger partial charge in [0, 0.05) is 12.1 Å². The number of amides is 1. The zero-order valence-corrected chi connectivity index (χ0v) is 14.0. The molecule has 0 heterocycles. The van der Waals surface area contributed by atoms with Crippen LogP contribution in [0.4, 0.5) is 10.1 Å². The predicted molar refractivity (Wildman–Crippen MR) is 92.1 cm³/mol. The fourth-order valence-electron chi connectivity index (χ4n) is 2.20. The molecule has 4 nitrogen and oxygen atoms in total. The van der Waals surface area contributed by atoms with Gasteiger partial charge in [0.25, 0.3) is 0 Å². The molecule has 0 spiro atoms. The Bertz CT molecular complexity index is 671. The largest absolute Gasteiger partial charge is 0.494 e.